The maximum atomic E-state index is 6.40. The maximum Gasteiger partial charge on any atom is 0.0486 e. The van der Waals surface area contributed by atoms with Crippen molar-refractivity contribution in [2.75, 3.05) is 26.2 Å². The zero-order valence-corrected chi connectivity index (χ0v) is 23.2. The molecule has 0 atom stereocenters. The highest BCUT2D eigenvalue weighted by molar-refractivity contribution is 6.31. The molecule has 1 aliphatic rings. The average Bonchev–Trinajstić information content (AvgIpc) is 3.28. The second-order valence-corrected chi connectivity index (χ2v) is 10.9. The van der Waals surface area contributed by atoms with Crippen molar-refractivity contribution in [3.63, 3.8) is 0 Å². The first kappa shape index (κ1) is 26.0. The highest BCUT2D eigenvalue weighted by Crippen LogP contribution is 2.33. The lowest BCUT2D eigenvalue weighted by molar-refractivity contribution is 0.122. The minimum absolute atomic E-state index is 0.875. The van der Waals surface area contributed by atoms with E-state index >= 15 is 0 Å². The predicted molar refractivity (Wildman–Crippen MR) is 158 cm³/mol. The molecular formula is C33H40ClN3. The number of piperazine rings is 1. The first-order chi connectivity index (χ1) is 18.1. The van der Waals surface area contributed by atoms with E-state index in [9.17, 15) is 0 Å². The third-order valence-electron chi connectivity index (χ3n) is 7.70. The van der Waals surface area contributed by atoms with Crippen molar-refractivity contribution in [1.82, 2.24) is 14.4 Å². The Hall–Kier alpha value is -2.59. The van der Waals surface area contributed by atoms with Crippen LogP contribution in [-0.2, 0) is 26.1 Å². The van der Waals surface area contributed by atoms with Crippen molar-refractivity contribution in [3.8, 4) is 11.1 Å². The van der Waals surface area contributed by atoms with Crippen LogP contribution in [0, 0.1) is 0 Å². The normalized spacial score (nSPS) is 15.0. The van der Waals surface area contributed by atoms with Crippen molar-refractivity contribution in [2.24, 2.45) is 0 Å². The molecule has 0 saturated carbocycles. The number of aryl methyl sites for hydroxylation is 2. The molecule has 3 aromatic carbocycles. The molecule has 0 amide bonds. The number of hydrogen-bond acceptors (Lipinski definition) is 2. The number of halogens is 1. The Morgan fingerprint density at radius 3 is 2.30 bits per heavy atom. The Bertz CT molecular complexity index is 1320. The van der Waals surface area contributed by atoms with Crippen LogP contribution in [0.15, 0.2) is 72.9 Å². The quantitative estimate of drug-likeness (QED) is 0.212. The molecule has 0 N–H and O–H groups in total. The molecule has 2 heterocycles. The number of rotatable bonds is 10. The molecule has 1 aromatic heterocycles. The molecule has 0 spiro atoms. The van der Waals surface area contributed by atoms with Gasteiger partial charge in [-0.1, -0.05) is 86.8 Å². The lowest BCUT2D eigenvalue weighted by atomic mass is 9.99. The number of aromatic nitrogens is 1. The number of hydrogen-bond donors (Lipinski definition) is 0. The van der Waals surface area contributed by atoms with Crippen molar-refractivity contribution < 1.29 is 0 Å². The molecule has 0 aliphatic carbocycles. The smallest absolute Gasteiger partial charge is 0.0486 e. The Morgan fingerprint density at radius 1 is 0.757 bits per heavy atom. The van der Waals surface area contributed by atoms with Crippen molar-refractivity contribution in [3.05, 3.63) is 94.6 Å². The molecule has 3 nitrogen and oxygen atoms in total. The molecule has 0 unspecified atom stereocenters. The molecular weight excluding hydrogens is 474 g/mol. The molecule has 4 aromatic rings. The lowest BCUT2D eigenvalue weighted by Gasteiger charge is -2.35. The van der Waals surface area contributed by atoms with Gasteiger partial charge >= 0.3 is 0 Å². The summed E-state index contributed by atoms with van der Waals surface area (Å²) in [5.41, 5.74) is 8.14. The number of nitrogens with zero attached hydrogens (tertiary/aromatic N) is 3. The fourth-order valence-corrected chi connectivity index (χ4v) is 5.80. The van der Waals surface area contributed by atoms with Gasteiger partial charge in [-0.05, 0) is 53.3 Å². The molecule has 0 bridgehead atoms. The van der Waals surface area contributed by atoms with Gasteiger partial charge in [-0.3, -0.25) is 9.80 Å². The van der Waals surface area contributed by atoms with Crippen molar-refractivity contribution in [1.29, 1.82) is 0 Å². The Balaban J connectivity index is 1.33. The summed E-state index contributed by atoms with van der Waals surface area (Å²) in [4.78, 5) is 5.12. The van der Waals surface area contributed by atoms with Gasteiger partial charge in [0.25, 0.3) is 0 Å². The second-order valence-electron chi connectivity index (χ2n) is 10.5. The number of fused-ring (bicyclic) bond motifs is 1. The summed E-state index contributed by atoms with van der Waals surface area (Å²) in [7, 11) is 0. The molecule has 1 saturated heterocycles. The summed E-state index contributed by atoms with van der Waals surface area (Å²) < 4.78 is 2.47. The minimum Gasteiger partial charge on any atom is -0.347 e. The van der Waals surface area contributed by atoms with Gasteiger partial charge in [0.1, 0.15) is 0 Å². The fraction of sp³-hybridized carbons (Fsp3) is 0.394. The number of unbranched alkanes of at least 4 members (excludes halogenated alkanes) is 1. The monoisotopic (exact) mass is 513 g/mol. The molecule has 37 heavy (non-hydrogen) atoms. The highest BCUT2D eigenvalue weighted by Gasteiger charge is 2.19. The summed E-state index contributed by atoms with van der Waals surface area (Å²) in [5.74, 6) is 0. The van der Waals surface area contributed by atoms with Crippen LogP contribution in [0.2, 0.25) is 5.02 Å². The van der Waals surface area contributed by atoms with Gasteiger partial charge in [0.15, 0.2) is 0 Å². The minimum atomic E-state index is 0.875. The summed E-state index contributed by atoms with van der Waals surface area (Å²) in [6.07, 6.45) is 7.12. The van der Waals surface area contributed by atoms with E-state index in [1.165, 1.54) is 58.0 Å². The Labute approximate surface area is 227 Å². The molecule has 194 valence electrons. The van der Waals surface area contributed by atoms with E-state index in [0.717, 1.165) is 57.3 Å². The average molecular weight is 514 g/mol. The van der Waals surface area contributed by atoms with Crippen LogP contribution in [0.4, 0.5) is 0 Å². The van der Waals surface area contributed by atoms with E-state index in [0.29, 0.717) is 0 Å². The third-order valence-corrected chi connectivity index (χ3v) is 8.07. The van der Waals surface area contributed by atoms with Crippen LogP contribution in [0.25, 0.3) is 22.0 Å². The lowest BCUT2D eigenvalue weighted by Crippen LogP contribution is -2.45. The van der Waals surface area contributed by atoms with Gasteiger partial charge in [-0.2, -0.15) is 0 Å². The summed E-state index contributed by atoms with van der Waals surface area (Å²) in [6, 6.07) is 24.5. The molecule has 5 rings (SSSR count). The summed E-state index contributed by atoms with van der Waals surface area (Å²) in [6.45, 7) is 11.9. The van der Waals surface area contributed by atoms with Crippen LogP contribution in [-0.4, -0.2) is 40.5 Å². The first-order valence-electron chi connectivity index (χ1n) is 14.0. The summed E-state index contributed by atoms with van der Waals surface area (Å²) in [5, 5.41) is 2.26. The van der Waals surface area contributed by atoms with Crippen LogP contribution in [0.3, 0.4) is 0 Å². The molecule has 4 heteroatoms. The SMILES string of the molecule is CCCCn1cc(-c2cccc(CCC)c2)c2cc(CN3CCN(Cc4ccccc4Cl)CC3)ccc21. The van der Waals surface area contributed by atoms with E-state index < -0.39 is 0 Å². The van der Waals surface area contributed by atoms with Crippen molar-refractivity contribution in [2.45, 2.75) is 59.2 Å². The zero-order valence-electron chi connectivity index (χ0n) is 22.4. The van der Waals surface area contributed by atoms with E-state index in [4.69, 9.17) is 11.6 Å². The van der Waals surface area contributed by atoms with Crippen LogP contribution >= 0.6 is 11.6 Å². The van der Waals surface area contributed by atoms with Gasteiger partial charge in [0.05, 0.1) is 0 Å². The highest BCUT2D eigenvalue weighted by atomic mass is 35.5. The largest absolute Gasteiger partial charge is 0.347 e. The standard InChI is InChI=1S/C33H40ClN3/c1-3-5-16-37-25-31(28-12-8-10-26(21-28)9-4-2)30-22-27(14-15-33(30)37)23-35-17-19-36(20-18-35)24-29-11-6-7-13-32(29)34/h6-8,10-15,21-22,25H,3-5,9,16-20,23-24H2,1-2H3. The van der Waals surface area contributed by atoms with E-state index in [1.807, 2.05) is 12.1 Å². The second kappa shape index (κ2) is 12.3. The van der Waals surface area contributed by atoms with E-state index in [1.54, 1.807) is 0 Å². The molecule has 1 aliphatic heterocycles. The third kappa shape index (κ3) is 6.29. The zero-order chi connectivity index (χ0) is 25.6. The van der Waals surface area contributed by atoms with E-state index in [2.05, 4.69) is 89.0 Å². The molecule has 0 radical (unpaired) electrons. The predicted octanol–water partition coefficient (Wildman–Crippen LogP) is 8.03. The van der Waals surface area contributed by atoms with Crippen LogP contribution in [0.1, 0.15) is 49.8 Å². The fourth-order valence-electron chi connectivity index (χ4n) is 5.60. The van der Waals surface area contributed by atoms with Gasteiger partial charge in [-0.15, -0.1) is 0 Å². The topological polar surface area (TPSA) is 11.4 Å². The van der Waals surface area contributed by atoms with E-state index in [-0.39, 0.29) is 0 Å². The van der Waals surface area contributed by atoms with Crippen LogP contribution < -0.4 is 0 Å². The van der Waals surface area contributed by atoms with Crippen molar-refractivity contribution >= 4 is 22.5 Å². The maximum absolute atomic E-state index is 6.40. The van der Waals surface area contributed by atoms with Gasteiger partial charge < -0.3 is 4.57 Å². The Kier molecular flexibility index (Phi) is 8.66. The summed E-state index contributed by atoms with van der Waals surface area (Å²) >= 11 is 6.40. The molecule has 1 fully saturated rings. The number of benzene rings is 3. The van der Waals surface area contributed by atoms with Gasteiger partial charge in [0.2, 0.25) is 0 Å². The first-order valence-corrected chi connectivity index (χ1v) is 14.4. The van der Waals surface area contributed by atoms with Gasteiger partial charge in [-0.25, -0.2) is 0 Å². The van der Waals surface area contributed by atoms with Gasteiger partial charge in [0, 0.05) is 73.5 Å². The van der Waals surface area contributed by atoms with Crippen LogP contribution in [0.5, 0.6) is 0 Å². The Morgan fingerprint density at radius 2 is 1.54 bits per heavy atom.